The number of nitrogens with zero attached hydrogens (tertiary/aromatic N) is 1. The summed E-state index contributed by atoms with van der Waals surface area (Å²) in [5, 5.41) is 0. The molecule has 0 spiro atoms. The van der Waals surface area contributed by atoms with E-state index in [1.807, 2.05) is 0 Å². The summed E-state index contributed by atoms with van der Waals surface area (Å²) in [7, 11) is -3.84. The Morgan fingerprint density at radius 3 is 2.68 bits per heavy atom. The van der Waals surface area contributed by atoms with Gasteiger partial charge in [-0.05, 0) is 44.1 Å². The summed E-state index contributed by atoms with van der Waals surface area (Å²) < 4.78 is 39.8. The molecule has 0 unspecified atom stereocenters. The van der Waals surface area contributed by atoms with Crippen molar-refractivity contribution in [1.29, 1.82) is 0 Å². The number of rotatable bonds is 5. The second-order valence-corrected chi connectivity index (χ2v) is 6.37. The van der Waals surface area contributed by atoms with Gasteiger partial charge >= 0.3 is 0 Å². The molecule has 0 aliphatic carbocycles. The molecule has 3 N–H and O–H groups in total. The van der Waals surface area contributed by atoms with Crippen LogP contribution in [0.15, 0.2) is 23.1 Å². The van der Waals surface area contributed by atoms with Crippen LogP contribution in [0.25, 0.3) is 0 Å². The first-order valence-corrected chi connectivity index (χ1v) is 7.74. The zero-order valence-corrected chi connectivity index (χ0v) is 11.4. The van der Waals surface area contributed by atoms with E-state index in [2.05, 4.69) is 9.62 Å². The highest BCUT2D eigenvalue weighted by atomic mass is 32.2. The van der Waals surface area contributed by atoms with Gasteiger partial charge in [0, 0.05) is 18.8 Å². The summed E-state index contributed by atoms with van der Waals surface area (Å²) in [6.45, 7) is 2.91. The number of halogens is 1. The van der Waals surface area contributed by atoms with Crippen molar-refractivity contribution >= 4 is 15.7 Å². The fraction of sp³-hybridized carbons (Fsp3) is 0.500. The van der Waals surface area contributed by atoms with Gasteiger partial charge in [-0.1, -0.05) is 0 Å². The maximum atomic E-state index is 13.5. The zero-order valence-electron chi connectivity index (χ0n) is 10.6. The van der Waals surface area contributed by atoms with Crippen molar-refractivity contribution in [3.8, 4) is 0 Å². The van der Waals surface area contributed by atoms with Crippen LogP contribution in [0.2, 0.25) is 0 Å². The van der Waals surface area contributed by atoms with Gasteiger partial charge in [-0.25, -0.2) is 17.5 Å². The van der Waals surface area contributed by atoms with Gasteiger partial charge in [-0.15, -0.1) is 0 Å². The van der Waals surface area contributed by atoms with Gasteiger partial charge in [-0.3, -0.25) is 0 Å². The van der Waals surface area contributed by atoms with Crippen molar-refractivity contribution in [3.05, 3.63) is 24.0 Å². The van der Waals surface area contributed by atoms with Crippen LogP contribution in [-0.2, 0) is 10.0 Å². The third-order valence-corrected chi connectivity index (χ3v) is 4.64. The van der Waals surface area contributed by atoms with Crippen molar-refractivity contribution in [2.75, 3.05) is 31.9 Å². The molecular weight excluding hydrogens is 269 g/mol. The van der Waals surface area contributed by atoms with E-state index in [1.165, 1.54) is 6.07 Å². The van der Waals surface area contributed by atoms with Crippen molar-refractivity contribution in [3.63, 3.8) is 0 Å². The van der Waals surface area contributed by atoms with E-state index in [-0.39, 0.29) is 12.2 Å². The summed E-state index contributed by atoms with van der Waals surface area (Å²) in [5.74, 6) is -0.789. The van der Waals surface area contributed by atoms with Crippen LogP contribution in [0.5, 0.6) is 0 Å². The fourth-order valence-corrected chi connectivity index (χ4v) is 3.28. The average molecular weight is 287 g/mol. The van der Waals surface area contributed by atoms with Crippen molar-refractivity contribution in [2.24, 2.45) is 0 Å². The predicted octanol–water partition coefficient (Wildman–Crippen LogP) is 0.782. The molecule has 1 saturated heterocycles. The van der Waals surface area contributed by atoms with E-state index in [9.17, 15) is 12.8 Å². The number of anilines is 1. The minimum absolute atomic E-state index is 0.223. The van der Waals surface area contributed by atoms with Gasteiger partial charge in [0.25, 0.3) is 0 Å². The number of likely N-dealkylation sites (tertiary alicyclic amines) is 1. The number of hydrogen-bond donors (Lipinski definition) is 2. The van der Waals surface area contributed by atoms with Crippen molar-refractivity contribution in [2.45, 2.75) is 17.7 Å². The SMILES string of the molecule is Nc1ccc(F)c(S(=O)(=O)NCCN2CCCC2)c1. The molecule has 0 bridgehead atoms. The second kappa shape index (κ2) is 5.85. The number of nitrogens with one attached hydrogen (secondary N) is 1. The summed E-state index contributed by atoms with van der Waals surface area (Å²) in [4.78, 5) is 1.78. The molecule has 2 rings (SSSR count). The van der Waals surface area contributed by atoms with Crippen LogP contribution < -0.4 is 10.5 Å². The number of sulfonamides is 1. The van der Waals surface area contributed by atoms with Crippen LogP contribution in [-0.4, -0.2) is 39.5 Å². The molecule has 1 aliphatic rings. The Balaban J connectivity index is 1.99. The molecule has 106 valence electrons. The third kappa shape index (κ3) is 3.65. The lowest BCUT2D eigenvalue weighted by molar-refractivity contribution is 0.344. The van der Waals surface area contributed by atoms with Gasteiger partial charge in [0.1, 0.15) is 10.7 Å². The summed E-state index contributed by atoms with van der Waals surface area (Å²) >= 11 is 0. The molecule has 0 atom stereocenters. The summed E-state index contributed by atoms with van der Waals surface area (Å²) in [6, 6.07) is 3.52. The van der Waals surface area contributed by atoms with Crippen LogP contribution in [0.3, 0.4) is 0 Å². The number of nitrogens with two attached hydrogens (primary N) is 1. The second-order valence-electron chi connectivity index (χ2n) is 4.64. The third-order valence-electron chi connectivity index (χ3n) is 3.16. The summed E-state index contributed by atoms with van der Waals surface area (Å²) in [6.07, 6.45) is 2.30. The number of benzene rings is 1. The Bertz CT molecular complexity index is 542. The maximum absolute atomic E-state index is 13.5. The van der Waals surface area contributed by atoms with Crippen molar-refractivity contribution in [1.82, 2.24) is 9.62 Å². The first-order valence-electron chi connectivity index (χ1n) is 6.26. The van der Waals surface area contributed by atoms with Crippen LogP contribution in [0.4, 0.5) is 10.1 Å². The minimum Gasteiger partial charge on any atom is -0.399 e. The molecule has 7 heteroatoms. The van der Waals surface area contributed by atoms with E-state index in [0.29, 0.717) is 6.54 Å². The number of nitrogen functional groups attached to an aromatic ring is 1. The van der Waals surface area contributed by atoms with E-state index in [0.717, 1.165) is 38.1 Å². The van der Waals surface area contributed by atoms with E-state index < -0.39 is 20.7 Å². The topological polar surface area (TPSA) is 75.4 Å². The van der Waals surface area contributed by atoms with Crippen LogP contribution in [0, 0.1) is 5.82 Å². The Kier molecular flexibility index (Phi) is 4.38. The highest BCUT2D eigenvalue weighted by Crippen LogP contribution is 2.17. The normalized spacial score (nSPS) is 16.9. The average Bonchev–Trinajstić information content (AvgIpc) is 2.85. The zero-order chi connectivity index (χ0) is 13.9. The summed E-state index contributed by atoms with van der Waals surface area (Å²) in [5.41, 5.74) is 5.71. The minimum atomic E-state index is -3.84. The monoisotopic (exact) mass is 287 g/mol. The van der Waals surface area contributed by atoms with Gasteiger partial charge < -0.3 is 10.6 Å². The number of hydrogen-bond acceptors (Lipinski definition) is 4. The molecule has 1 aliphatic heterocycles. The molecule has 0 amide bonds. The van der Waals surface area contributed by atoms with E-state index >= 15 is 0 Å². The Morgan fingerprint density at radius 2 is 2.00 bits per heavy atom. The molecule has 0 radical (unpaired) electrons. The molecule has 1 aromatic carbocycles. The molecule has 0 saturated carbocycles. The molecule has 5 nitrogen and oxygen atoms in total. The molecule has 1 fully saturated rings. The van der Waals surface area contributed by atoms with Gasteiger partial charge in [0.05, 0.1) is 0 Å². The molecular formula is C12H18FN3O2S. The maximum Gasteiger partial charge on any atom is 0.243 e. The quantitative estimate of drug-likeness (QED) is 0.785. The van der Waals surface area contributed by atoms with E-state index in [4.69, 9.17) is 5.73 Å². The lowest BCUT2D eigenvalue weighted by Crippen LogP contribution is -2.33. The highest BCUT2D eigenvalue weighted by molar-refractivity contribution is 7.89. The van der Waals surface area contributed by atoms with Gasteiger partial charge in [0.15, 0.2) is 0 Å². The first-order chi connectivity index (χ1) is 8.99. The van der Waals surface area contributed by atoms with Crippen LogP contribution >= 0.6 is 0 Å². The lowest BCUT2D eigenvalue weighted by Gasteiger charge is -2.15. The van der Waals surface area contributed by atoms with Gasteiger partial charge in [0.2, 0.25) is 10.0 Å². The standard InChI is InChI=1S/C12H18FN3O2S/c13-11-4-3-10(14)9-12(11)19(17,18)15-5-8-16-6-1-2-7-16/h3-4,9,15H,1-2,5-8,14H2. The van der Waals surface area contributed by atoms with E-state index in [1.54, 1.807) is 0 Å². The fourth-order valence-electron chi connectivity index (χ4n) is 2.15. The van der Waals surface area contributed by atoms with Crippen molar-refractivity contribution < 1.29 is 12.8 Å². The first kappa shape index (κ1) is 14.2. The molecule has 0 aromatic heterocycles. The Morgan fingerprint density at radius 1 is 1.32 bits per heavy atom. The highest BCUT2D eigenvalue weighted by Gasteiger charge is 2.19. The lowest BCUT2D eigenvalue weighted by atomic mass is 10.3. The van der Waals surface area contributed by atoms with Crippen LogP contribution in [0.1, 0.15) is 12.8 Å². The Labute approximate surface area is 112 Å². The predicted molar refractivity (Wildman–Crippen MR) is 71.7 cm³/mol. The smallest absolute Gasteiger partial charge is 0.243 e. The van der Waals surface area contributed by atoms with Gasteiger partial charge in [-0.2, -0.15) is 0 Å². The molecule has 1 aromatic rings. The molecule has 1 heterocycles. The largest absolute Gasteiger partial charge is 0.399 e. The molecule has 19 heavy (non-hydrogen) atoms. The Hall–Kier alpha value is -1.18.